The van der Waals surface area contributed by atoms with Gasteiger partial charge < -0.3 is 19.3 Å². The second-order valence-electron chi connectivity index (χ2n) is 6.95. The van der Waals surface area contributed by atoms with E-state index in [0.717, 1.165) is 3.57 Å². The average molecular weight is 461 g/mol. The number of amides is 2. The smallest absolute Gasteiger partial charge is 0.410 e. The normalized spacial score (nSPS) is 18.1. The number of ether oxygens (including phenoxy) is 2. The van der Waals surface area contributed by atoms with Crippen LogP contribution in [0.5, 0.6) is 5.88 Å². The number of pyridine rings is 1. The number of hydrogen-bond donors (Lipinski definition) is 0. The fraction of sp³-hybridized carbons (Fsp3) is 0.588. The van der Waals surface area contributed by atoms with Crippen molar-refractivity contribution in [2.75, 3.05) is 26.7 Å². The summed E-state index contributed by atoms with van der Waals surface area (Å²) in [4.78, 5) is 32.7. The molecule has 1 aromatic rings. The summed E-state index contributed by atoms with van der Waals surface area (Å²) in [5.41, 5.74) is -0.0740. The zero-order chi connectivity index (χ0) is 18.8. The third-order valence-corrected chi connectivity index (χ3v) is 4.71. The van der Waals surface area contributed by atoms with Gasteiger partial charge in [0.25, 0.3) is 5.91 Å². The number of methoxy groups -OCH3 is 1. The van der Waals surface area contributed by atoms with Gasteiger partial charge in [-0.25, -0.2) is 9.78 Å². The van der Waals surface area contributed by atoms with Gasteiger partial charge in [-0.3, -0.25) is 4.79 Å². The lowest BCUT2D eigenvalue weighted by atomic mass is 10.1. The molecule has 138 valence electrons. The molecule has 7 nitrogen and oxygen atoms in total. The van der Waals surface area contributed by atoms with E-state index in [1.807, 2.05) is 27.7 Å². The van der Waals surface area contributed by atoms with Crippen molar-refractivity contribution in [3.8, 4) is 5.88 Å². The van der Waals surface area contributed by atoms with E-state index in [2.05, 4.69) is 27.6 Å². The van der Waals surface area contributed by atoms with E-state index in [-0.39, 0.29) is 18.0 Å². The number of aromatic nitrogens is 1. The third-order valence-electron chi connectivity index (χ3n) is 3.81. The highest BCUT2D eigenvalue weighted by Gasteiger charge is 2.34. The zero-order valence-electron chi connectivity index (χ0n) is 15.2. The maximum absolute atomic E-state index is 13.0. The van der Waals surface area contributed by atoms with Crippen molar-refractivity contribution in [1.82, 2.24) is 14.8 Å². The Hall–Kier alpha value is -1.58. The Morgan fingerprint density at radius 3 is 2.56 bits per heavy atom. The molecule has 0 bridgehead atoms. The van der Waals surface area contributed by atoms with Gasteiger partial charge in [0.2, 0.25) is 5.88 Å². The van der Waals surface area contributed by atoms with E-state index in [9.17, 15) is 9.59 Å². The zero-order valence-corrected chi connectivity index (χ0v) is 17.4. The summed E-state index contributed by atoms with van der Waals surface area (Å²) in [6.07, 6.45) is 1.27. The van der Waals surface area contributed by atoms with E-state index in [1.165, 1.54) is 7.11 Å². The monoisotopic (exact) mass is 461 g/mol. The van der Waals surface area contributed by atoms with Gasteiger partial charge in [0.05, 0.1) is 7.11 Å². The van der Waals surface area contributed by atoms with E-state index >= 15 is 0 Å². The number of hydrogen-bond acceptors (Lipinski definition) is 5. The van der Waals surface area contributed by atoms with E-state index < -0.39 is 5.60 Å². The van der Waals surface area contributed by atoms with Crippen LogP contribution in [0.25, 0.3) is 0 Å². The molecule has 0 radical (unpaired) electrons. The third kappa shape index (κ3) is 4.74. The molecule has 25 heavy (non-hydrogen) atoms. The van der Waals surface area contributed by atoms with Crippen molar-refractivity contribution in [3.05, 3.63) is 21.4 Å². The van der Waals surface area contributed by atoms with Gasteiger partial charge >= 0.3 is 6.09 Å². The van der Waals surface area contributed by atoms with Crippen molar-refractivity contribution >= 4 is 34.6 Å². The largest absolute Gasteiger partial charge is 0.480 e. The van der Waals surface area contributed by atoms with E-state index in [4.69, 9.17) is 9.47 Å². The lowest BCUT2D eigenvalue weighted by Crippen LogP contribution is -2.56. The Labute approximate surface area is 161 Å². The highest BCUT2D eigenvalue weighted by atomic mass is 127. The van der Waals surface area contributed by atoms with Crippen LogP contribution in [0, 0.1) is 3.57 Å². The standard InChI is InChI=1S/C17H24IN3O4/c1-11-10-20(16(23)25-17(2,3)4)8-9-21(11)15(22)13-12(18)6-7-19-14(13)24-5/h6-7,11H,8-10H2,1-5H3. The number of rotatable bonds is 2. The van der Waals surface area contributed by atoms with Crippen LogP contribution < -0.4 is 4.74 Å². The molecule has 2 amide bonds. The Bertz CT molecular complexity index is 660. The van der Waals surface area contributed by atoms with Crippen molar-refractivity contribution in [2.45, 2.75) is 39.3 Å². The molecule has 8 heteroatoms. The second kappa shape index (κ2) is 7.76. The van der Waals surface area contributed by atoms with Crippen LogP contribution in [-0.2, 0) is 4.74 Å². The van der Waals surface area contributed by atoms with Gasteiger partial charge in [-0.15, -0.1) is 0 Å². The molecule has 1 atom stereocenters. The van der Waals surface area contributed by atoms with Gasteiger partial charge in [-0.1, -0.05) is 0 Å². The number of carbonyl (C=O) groups is 2. The quantitative estimate of drug-likeness (QED) is 0.634. The molecular formula is C17H24IN3O4. The highest BCUT2D eigenvalue weighted by Crippen LogP contribution is 2.25. The molecule has 1 fully saturated rings. The van der Waals surface area contributed by atoms with Crippen LogP contribution in [-0.4, -0.2) is 65.2 Å². The highest BCUT2D eigenvalue weighted by molar-refractivity contribution is 14.1. The molecule has 1 aliphatic rings. The number of piperazine rings is 1. The molecule has 0 spiro atoms. The van der Waals surface area contributed by atoms with Crippen LogP contribution in [0.4, 0.5) is 4.79 Å². The molecule has 0 saturated carbocycles. The van der Waals surface area contributed by atoms with E-state index in [0.29, 0.717) is 31.1 Å². The minimum atomic E-state index is -0.535. The first-order valence-corrected chi connectivity index (χ1v) is 9.19. The van der Waals surface area contributed by atoms with Crippen LogP contribution >= 0.6 is 22.6 Å². The topological polar surface area (TPSA) is 72.0 Å². The van der Waals surface area contributed by atoms with Crippen LogP contribution in [0.3, 0.4) is 0 Å². The average Bonchev–Trinajstić information content (AvgIpc) is 2.52. The SMILES string of the molecule is COc1nccc(I)c1C(=O)N1CCN(C(=O)OC(C)(C)C)CC1C. The first-order valence-electron chi connectivity index (χ1n) is 8.11. The predicted molar refractivity (Wildman–Crippen MR) is 102 cm³/mol. The molecular weight excluding hydrogens is 437 g/mol. The molecule has 2 rings (SSSR count). The number of nitrogens with zero attached hydrogens (tertiary/aromatic N) is 3. The molecule has 0 aliphatic carbocycles. The molecule has 1 unspecified atom stereocenters. The fourth-order valence-corrected chi connectivity index (χ4v) is 3.29. The minimum Gasteiger partial charge on any atom is -0.480 e. The second-order valence-corrected chi connectivity index (χ2v) is 8.11. The Morgan fingerprint density at radius 2 is 2.00 bits per heavy atom. The van der Waals surface area contributed by atoms with Crippen LogP contribution in [0.2, 0.25) is 0 Å². The van der Waals surface area contributed by atoms with Crippen molar-refractivity contribution in [1.29, 1.82) is 0 Å². The van der Waals surface area contributed by atoms with Crippen molar-refractivity contribution in [3.63, 3.8) is 0 Å². The van der Waals surface area contributed by atoms with Crippen molar-refractivity contribution in [2.24, 2.45) is 0 Å². The summed E-state index contributed by atoms with van der Waals surface area (Å²) >= 11 is 2.11. The first-order chi connectivity index (χ1) is 11.6. The molecule has 0 N–H and O–H groups in total. The van der Waals surface area contributed by atoms with Gasteiger partial charge in [-0.05, 0) is 56.4 Å². The fourth-order valence-electron chi connectivity index (χ4n) is 2.66. The maximum atomic E-state index is 13.0. The summed E-state index contributed by atoms with van der Waals surface area (Å²) in [6.45, 7) is 8.74. The molecule has 1 saturated heterocycles. The first kappa shape index (κ1) is 19.7. The molecule has 1 aliphatic heterocycles. The summed E-state index contributed by atoms with van der Waals surface area (Å²) in [5, 5.41) is 0. The van der Waals surface area contributed by atoms with Crippen molar-refractivity contribution < 1.29 is 19.1 Å². The van der Waals surface area contributed by atoms with E-state index in [1.54, 1.807) is 22.1 Å². The van der Waals surface area contributed by atoms with Gasteiger partial charge in [-0.2, -0.15) is 0 Å². The number of carbonyl (C=O) groups excluding carboxylic acids is 2. The Kier molecular flexibility index (Phi) is 6.12. The van der Waals surface area contributed by atoms with Crippen LogP contribution in [0.15, 0.2) is 12.3 Å². The number of halogens is 1. The molecule has 0 aromatic carbocycles. The predicted octanol–water partition coefficient (Wildman–Crippen LogP) is 2.78. The summed E-state index contributed by atoms with van der Waals surface area (Å²) in [6, 6.07) is 1.65. The van der Waals surface area contributed by atoms with Crippen LogP contribution in [0.1, 0.15) is 38.1 Å². The van der Waals surface area contributed by atoms with Gasteiger partial charge in [0.1, 0.15) is 11.2 Å². The van der Waals surface area contributed by atoms with Gasteiger partial charge in [0, 0.05) is 35.4 Å². The Morgan fingerprint density at radius 1 is 1.32 bits per heavy atom. The summed E-state index contributed by atoms with van der Waals surface area (Å²) < 4.78 is 11.4. The molecule has 1 aromatic heterocycles. The summed E-state index contributed by atoms with van der Waals surface area (Å²) in [5.74, 6) is 0.185. The maximum Gasteiger partial charge on any atom is 0.410 e. The Balaban J connectivity index is 2.12. The summed E-state index contributed by atoms with van der Waals surface area (Å²) in [7, 11) is 1.50. The minimum absolute atomic E-state index is 0.130. The lowest BCUT2D eigenvalue weighted by molar-refractivity contribution is 0.00607. The molecule has 2 heterocycles. The van der Waals surface area contributed by atoms with Gasteiger partial charge in [0.15, 0.2) is 0 Å². The lowest BCUT2D eigenvalue weighted by Gasteiger charge is -2.40.